The number of para-hydroxylation sites is 1. The average Bonchev–Trinajstić information content (AvgIpc) is 2.75. The van der Waals surface area contributed by atoms with Crippen molar-refractivity contribution in [1.29, 1.82) is 0 Å². The molecule has 0 saturated heterocycles. The second kappa shape index (κ2) is 8.57. The molecule has 0 aliphatic carbocycles. The van der Waals surface area contributed by atoms with Crippen LogP contribution in [0.15, 0.2) is 70.1 Å². The minimum atomic E-state index is -0.568. The summed E-state index contributed by atoms with van der Waals surface area (Å²) in [4.78, 5) is 21.8. The van der Waals surface area contributed by atoms with Crippen LogP contribution in [0, 0.1) is 12.7 Å². The van der Waals surface area contributed by atoms with Gasteiger partial charge >= 0.3 is 0 Å². The van der Waals surface area contributed by atoms with Gasteiger partial charge in [0.15, 0.2) is 11.3 Å². The topological polar surface area (TPSA) is 76.7 Å². The van der Waals surface area contributed by atoms with Crippen molar-refractivity contribution in [1.82, 2.24) is 4.98 Å². The van der Waals surface area contributed by atoms with Gasteiger partial charge in [0.1, 0.15) is 17.2 Å². The standard InChI is InChI=1S/C23H17ClFN3O3/c1-13-5-3-8-20(26-13)28-22(29)16-11-14-6-4-7-19(30-2)21(14)31-23(16)27-15-9-10-18(25)17(24)12-15/h3-12H,1-2H3,(H,26,28,29). The molecule has 2 aromatic carbocycles. The van der Waals surface area contributed by atoms with Crippen molar-refractivity contribution in [2.45, 2.75) is 6.92 Å². The van der Waals surface area contributed by atoms with Crippen molar-refractivity contribution in [3.05, 3.63) is 88.3 Å². The Morgan fingerprint density at radius 2 is 1.97 bits per heavy atom. The minimum Gasteiger partial charge on any atom is -0.493 e. The van der Waals surface area contributed by atoms with Gasteiger partial charge in [0.2, 0.25) is 5.55 Å². The molecule has 0 aliphatic rings. The van der Waals surface area contributed by atoms with Gasteiger partial charge in [-0.3, -0.25) is 4.79 Å². The number of nitrogens with one attached hydrogen (secondary N) is 1. The Morgan fingerprint density at radius 1 is 1.16 bits per heavy atom. The van der Waals surface area contributed by atoms with Crippen LogP contribution in [-0.2, 0) is 0 Å². The molecule has 31 heavy (non-hydrogen) atoms. The second-order valence-corrected chi connectivity index (χ2v) is 7.08. The zero-order valence-corrected chi connectivity index (χ0v) is 17.4. The fourth-order valence-corrected chi connectivity index (χ4v) is 3.17. The molecular weight excluding hydrogens is 421 g/mol. The molecule has 0 fully saturated rings. The largest absolute Gasteiger partial charge is 0.493 e. The van der Waals surface area contributed by atoms with Gasteiger partial charge in [-0.05, 0) is 49.4 Å². The summed E-state index contributed by atoms with van der Waals surface area (Å²) in [5.74, 6) is -0.148. The summed E-state index contributed by atoms with van der Waals surface area (Å²) >= 11 is 5.87. The van der Waals surface area contributed by atoms with E-state index in [1.807, 2.05) is 13.0 Å². The number of benzene rings is 2. The van der Waals surface area contributed by atoms with Crippen molar-refractivity contribution >= 4 is 40.0 Å². The zero-order chi connectivity index (χ0) is 22.0. The number of rotatable bonds is 4. The number of aromatic nitrogens is 1. The molecule has 2 aromatic heterocycles. The fraction of sp³-hybridized carbons (Fsp3) is 0.0870. The normalized spacial score (nSPS) is 11.5. The highest BCUT2D eigenvalue weighted by Gasteiger charge is 2.16. The Balaban J connectivity index is 1.89. The van der Waals surface area contributed by atoms with Crippen molar-refractivity contribution in [2.24, 2.45) is 4.99 Å². The van der Waals surface area contributed by atoms with Gasteiger partial charge in [-0.15, -0.1) is 0 Å². The Labute approximate surface area is 182 Å². The van der Waals surface area contributed by atoms with Crippen LogP contribution in [0.3, 0.4) is 0 Å². The lowest BCUT2D eigenvalue weighted by atomic mass is 10.1. The minimum absolute atomic E-state index is 0.0184. The number of amides is 1. The number of methoxy groups -OCH3 is 1. The summed E-state index contributed by atoms with van der Waals surface area (Å²) in [6.45, 7) is 1.83. The third-order valence-electron chi connectivity index (χ3n) is 4.47. The highest BCUT2D eigenvalue weighted by Crippen LogP contribution is 2.26. The molecular formula is C23H17ClFN3O3. The first kappa shape index (κ1) is 20.6. The number of pyridine rings is 1. The number of ether oxygens (including phenoxy) is 1. The lowest BCUT2D eigenvalue weighted by molar-refractivity contribution is 0.102. The van der Waals surface area contributed by atoms with Gasteiger partial charge in [0, 0.05) is 11.1 Å². The van der Waals surface area contributed by atoms with Crippen molar-refractivity contribution in [2.75, 3.05) is 12.4 Å². The number of hydrogen-bond acceptors (Lipinski definition) is 5. The quantitative estimate of drug-likeness (QED) is 0.462. The number of halogens is 2. The summed E-state index contributed by atoms with van der Waals surface area (Å²) in [6, 6.07) is 16.2. The van der Waals surface area contributed by atoms with Crippen LogP contribution < -0.4 is 15.6 Å². The number of aryl methyl sites for hydroxylation is 1. The molecule has 156 valence electrons. The Bertz CT molecular complexity index is 1370. The van der Waals surface area contributed by atoms with Crippen molar-refractivity contribution in [3.8, 4) is 5.75 Å². The van der Waals surface area contributed by atoms with Crippen molar-refractivity contribution < 1.29 is 18.3 Å². The predicted molar refractivity (Wildman–Crippen MR) is 116 cm³/mol. The molecule has 4 rings (SSSR count). The van der Waals surface area contributed by atoms with Crippen LogP contribution in [0.5, 0.6) is 5.75 Å². The number of carbonyl (C=O) groups excluding carboxylic acids is 1. The summed E-state index contributed by atoms with van der Waals surface area (Å²) in [6.07, 6.45) is 0. The number of hydrogen-bond donors (Lipinski definition) is 1. The lowest BCUT2D eigenvalue weighted by Gasteiger charge is -2.09. The molecule has 2 heterocycles. The molecule has 4 aromatic rings. The SMILES string of the molecule is COc1cccc2cc(C(=O)Nc3cccc(C)n3)c(=Nc3ccc(F)c(Cl)c3)oc12. The molecule has 0 atom stereocenters. The van der Waals surface area contributed by atoms with E-state index in [4.69, 9.17) is 20.8 Å². The first-order valence-corrected chi connectivity index (χ1v) is 9.68. The first-order valence-electron chi connectivity index (χ1n) is 9.30. The van der Waals surface area contributed by atoms with Gasteiger partial charge in [0.05, 0.1) is 17.8 Å². The first-order chi connectivity index (χ1) is 14.9. The van der Waals surface area contributed by atoms with E-state index in [2.05, 4.69) is 15.3 Å². The molecule has 1 amide bonds. The van der Waals surface area contributed by atoms with Gasteiger partial charge in [0.25, 0.3) is 5.91 Å². The third kappa shape index (κ3) is 4.41. The van der Waals surface area contributed by atoms with Gasteiger partial charge in [-0.25, -0.2) is 14.4 Å². The van der Waals surface area contributed by atoms with E-state index < -0.39 is 11.7 Å². The number of nitrogens with zero attached hydrogens (tertiary/aromatic N) is 2. The molecule has 0 bridgehead atoms. The van der Waals surface area contributed by atoms with E-state index >= 15 is 0 Å². The molecule has 0 unspecified atom stereocenters. The molecule has 0 spiro atoms. The summed E-state index contributed by atoms with van der Waals surface area (Å²) in [5.41, 5.74) is 1.69. The summed E-state index contributed by atoms with van der Waals surface area (Å²) in [7, 11) is 1.52. The van der Waals surface area contributed by atoms with Crippen molar-refractivity contribution in [3.63, 3.8) is 0 Å². The molecule has 6 nitrogen and oxygen atoms in total. The number of fused-ring (bicyclic) bond motifs is 1. The molecule has 1 N–H and O–H groups in total. The van der Waals surface area contributed by atoms with Crippen LogP contribution in [0.1, 0.15) is 16.1 Å². The molecule has 0 saturated carbocycles. The summed E-state index contributed by atoms with van der Waals surface area (Å²) < 4.78 is 24.9. The lowest BCUT2D eigenvalue weighted by Crippen LogP contribution is -2.22. The smallest absolute Gasteiger partial charge is 0.262 e. The van der Waals surface area contributed by atoms with E-state index in [0.717, 1.165) is 5.69 Å². The monoisotopic (exact) mass is 437 g/mol. The van der Waals surface area contributed by atoms with E-state index in [9.17, 15) is 9.18 Å². The van der Waals surface area contributed by atoms with E-state index in [1.54, 1.807) is 36.4 Å². The van der Waals surface area contributed by atoms with Crippen LogP contribution in [-0.4, -0.2) is 18.0 Å². The fourth-order valence-electron chi connectivity index (χ4n) is 3.00. The number of anilines is 1. The zero-order valence-electron chi connectivity index (χ0n) is 16.6. The van der Waals surface area contributed by atoms with Crippen LogP contribution in [0.2, 0.25) is 5.02 Å². The Kier molecular flexibility index (Phi) is 5.68. The van der Waals surface area contributed by atoms with Gasteiger partial charge in [-0.2, -0.15) is 0 Å². The molecule has 0 radical (unpaired) electrons. The molecule has 0 aliphatic heterocycles. The maximum Gasteiger partial charge on any atom is 0.262 e. The predicted octanol–water partition coefficient (Wildman–Crippen LogP) is 5.42. The highest BCUT2D eigenvalue weighted by atomic mass is 35.5. The highest BCUT2D eigenvalue weighted by molar-refractivity contribution is 6.31. The Morgan fingerprint density at radius 3 is 2.71 bits per heavy atom. The second-order valence-electron chi connectivity index (χ2n) is 6.67. The van der Waals surface area contributed by atoms with Gasteiger partial charge < -0.3 is 14.5 Å². The Hall–Kier alpha value is -3.71. The van der Waals surface area contributed by atoms with Gasteiger partial charge in [-0.1, -0.05) is 29.8 Å². The number of carbonyl (C=O) groups is 1. The van der Waals surface area contributed by atoms with Crippen LogP contribution in [0.25, 0.3) is 11.0 Å². The third-order valence-corrected chi connectivity index (χ3v) is 4.76. The van der Waals surface area contributed by atoms with E-state index in [-0.39, 0.29) is 16.1 Å². The maximum absolute atomic E-state index is 13.5. The van der Waals surface area contributed by atoms with Crippen LogP contribution >= 0.6 is 11.6 Å². The average molecular weight is 438 g/mol. The maximum atomic E-state index is 13.5. The van der Waals surface area contributed by atoms with Crippen LogP contribution in [0.4, 0.5) is 15.9 Å². The summed E-state index contributed by atoms with van der Waals surface area (Å²) in [5, 5.41) is 3.31. The van der Waals surface area contributed by atoms with E-state index in [1.165, 1.54) is 25.3 Å². The van der Waals surface area contributed by atoms with E-state index in [0.29, 0.717) is 28.2 Å². The molecule has 8 heteroatoms.